The van der Waals surface area contributed by atoms with Gasteiger partial charge in [-0.05, 0) is 48.6 Å². The number of halogens is 2. The van der Waals surface area contributed by atoms with Gasteiger partial charge in [-0.1, -0.05) is 96.0 Å². The number of nitrogens with one attached hydrogen (secondary N) is 1. The molecule has 0 bridgehead atoms. The Bertz CT molecular complexity index is 1670. The zero-order chi connectivity index (χ0) is 30.4. The summed E-state index contributed by atoms with van der Waals surface area (Å²) in [5, 5.41) is 5.21. The maximum atomic E-state index is 14.3. The number of rotatable bonds is 11. The van der Waals surface area contributed by atoms with Crippen molar-refractivity contribution in [3.8, 4) is 0 Å². The normalized spacial score (nSPS) is 12.2. The molecule has 0 heterocycles. The molecule has 1 N–H and O–H groups in total. The van der Waals surface area contributed by atoms with Gasteiger partial charge in [0.2, 0.25) is 21.8 Å². The number of sulfonamides is 1. The van der Waals surface area contributed by atoms with Gasteiger partial charge in [0.05, 0.1) is 11.9 Å². The van der Waals surface area contributed by atoms with Crippen LogP contribution in [0.15, 0.2) is 91.0 Å². The molecule has 2 amide bonds. The SMILES string of the molecule is CC(C)NC(=O)[C@@H](Cc1ccccc1)N(Cc1ccc(Cl)cc1Cl)C(=O)CN(c1cccc2ccccc12)S(C)(=O)=O. The first-order valence-corrected chi connectivity index (χ1v) is 16.1. The van der Waals surface area contributed by atoms with Crippen molar-refractivity contribution in [1.82, 2.24) is 10.2 Å². The number of fused-ring (bicyclic) bond motifs is 1. The molecule has 0 fully saturated rings. The molecular weight excluding hydrogens is 593 g/mol. The Labute approximate surface area is 257 Å². The highest BCUT2D eigenvalue weighted by molar-refractivity contribution is 7.92. The van der Waals surface area contributed by atoms with Gasteiger partial charge in [-0.3, -0.25) is 13.9 Å². The Morgan fingerprint density at radius 1 is 0.881 bits per heavy atom. The lowest BCUT2D eigenvalue weighted by Gasteiger charge is -2.34. The van der Waals surface area contributed by atoms with E-state index >= 15 is 0 Å². The van der Waals surface area contributed by atoms with E-state index in [1.165, 1.54) is 4.90 Å². The van der Waals surface area contributed by atoms with Crippen molar-refractivity contribution in [2.45, 2.75) is 38.9 Å². The van der Waals surface area contributed by atoms with Gasteiger partial charge in [0.25, 0.3) is 0 Å². The second kappa shape index (κ2) is 13.6. The third kappa shape index (κ3) is 7.82. The van der Waals surface area contributed by atoms with E-state index < -0.39 is 28.5 Å². The van der Waals surface area contributed by atoms with Crippen molar-refractivity contribution in [3.05, 3.63) is 112 Å². The van der Waals surface area contributed by atoms with E-state index in [0.29, 0.717) is 26.7 Å². The van der Waals surface area contributed by atoms with Gasteiger partial charge < -0.3 is 10.2 Å². The molecule has 220 valence electrons. The van der Waals surface area contributed by atoms with Crippen LogP contribution in [0.5, 0.6) is 0 Å². The molecule has 4 aromatic carbocycles. The molecular formula is C32H33Cl2N3O4S. The highest BCUT2D eigenvalue weighted by atomic mass is 35.5. The quantitative estimate of drug-likeness (QED) is 0.219. The topological polar surface area (TPSA) is 86.8 Å². The van der Waals surface area contributed by atoms with Crippen molar-refractivity contribution < 1.29 is 18.0 Å². The summed E-state index contributed by atoms with van der Waals surface area (Å²) in [5.41, 5.74) is 1.79. The van der Waals surface area contributed by atoms with Crippen LogP contribution in [0.2, 0.25) is 10.0 Å². The Kier molecular flexibility index (Phi) is 10.1. The summed E-state index contributed by atoms with van der Waals surface area (Å²) in [5.74, 6) is -0.914. The van der Waals surface area contributed by atoms with Crippen molar-refractivity contribution in [2.75, 3.05) is 17.1 Å². The van der Waals surface area contributed by atoms with E-state index in [0.717, 1.165) is 21.5 Å². The minimum absolute atomic E-state index is 0.0367. The Morgan fingerprint density at radius 2 is 1.55 bits per heavy atom. The summed E-state index contributed by atoms with van der Waals surface area (Å²) < 4.78 is 27.4. The fraction of sp³-hybridized carbons (Fsp3) is 0.250. The van der Waals surface area contributed by atoms with Gasteiger partial charge in [-0.15, -0.1) is 0 Å². The van der Waals surface area contributed by atoms with Crippen LogP contribution in [0, 0.1) is 0 Å². The van der Waals surface area contributed by atoms with Gasteiger partial charge in [0.15, 0.2) is 0 Å². The smallest absolute Gasteiger partial charge is 0.244 e. The summed E-state index contributed by atoms with van der Waals surface area (Å²) in [7, 11) is -3.91. The summed E-state index contributed by atoms with van der Waals surface area (Å²) in [6.07, 6.45) is 1.28. The fourth-order valence-electron chi connectivity index (χ4n) is 4.79. The molecule has 10 heteroatoms. The molecule has 0 aromatic heterocycles. The van der Waals surface area contributed by atoms with Crippen LogP contribution < -0.4 is 9.62 Å². The summed E-state index contributed by atoms with van der Waals surface area (Å²) in [6, 6.07) is 25.8. The summed E-state index contributed by atoms with van der Waals surface area (Å²) in [4.78, 5) is 29.4. The van der Waals surface area contributed by atoms with Crippen molar-refractivity contribution >= 4 is 61.5 Å². The molecule has 0 spiro atoms. The molecule has 0 aliphatic rings. The Balaban J connectivity index is 1.80. The van der Waals surface area contributed by atoms with Crippen LogP contribution in [0.4, 0.5) is 5.69 Å². The maximum absolute atomic E-state index is 14.3. The summed E-state index contributed by atoms with van der Waals surface area (Å²) >= 11 is 12.6. The lowest BCUT2D eigenvalue weighted by atomic mass is 10.0. The molecule has 7 nitrogen and oxygen atoms in total. The Hall–Kier alpha value is -3.59. The molecule has 0 aliphatic heterocycles. The zero-order valence-electron chi connectivity index (χ0n) is 23.6. The van der Waals surface area contributed by atoms with Gasteiger partial charge in [0.1, 0.15) is 12.6 Å². The van der Waals surface area contributed by atoms with Gasteiger partial charge >= 0.3 is 0 Å². The van der Waals surface area contributed by atoms with Crippen LogP contribution >= 0.6 is 23.2 Å². The molecule has 0 saturated heterocycles. The number of nitrogens with zero attached hydrogens (tertiary/aromatic N) is 2. The van der Waals surface area contributed by atoms with E-state index in [-0.39, 0.29) is 24.9 Å². The molecule has 0 saturated carbocycles. The standard InChI is InChI=1S/C32H33Cl2N3O4S/c1-22(2)35-32(39)30(18-23-10-5-4-6-11-23)36(20-25-16-17-26(33)19-28(25)34)31(38)21-37(42(3,40)41)29-15-9-13-24-12-7-8-14-27(24)29/h4-17,19,22,30H,18,20-21H2,1-3H3,(H,35,39)/t30-/m1/s1. The highest BCUT2D eigenvalue weighted by Crippen LogP contribution is 2.29. The lowest BCUT2D eigenvalue weighted by molar-refractivity contribution is -0.140. The van der Waals surface area contributed by atoms with Gasteiger partial charge in [-0.25, -0.2) is 8.42 Å². The number of carbonyl (C=O) groups is 2. The van der Waals surface area contributed by atoms with E-state index in [4.69, 9.17) is 23.2 Å². The first kappa shape index (κ1) is 31.3. The summed E-state index contributed by atoms with van der Waals surface area (Å²) in [6.45, 7) is 3.13. The zero-order valence-corrected chi connectivity index (χ0v) is 26.0. The molecule has 4 rings (SSSR count). The van der Waals surface area contributed by atoms with E-state index in [1.807, 2.05) is 74.5 Å². The molecule has 0 aliphatic carbocycles. The van der Waals surface area contributed by atoms with Crippen LogP contribution in [-0.4, -0.2) is 50.0 Å². The van der Waals surface area contributed by atoms with Crippen LogP contribution in [0.1, 0.15) is 25.0 Å². The van der Waals surface area contributed by atoms with E-state index in [2.05, 4.69) is 5.32 Å². The third-order valence-corrected chi connectivity index (χ3v) is 8.49. The molecule has 42 heavy (non-hydrogen) atoms. The predicted molar refractivity (Wildman–Crippen MR) is 170 cm³/mol. The van der Waals surface area contributed by atoms with Crippen LogP contribution in [0.3, 0.4) is 0 Å². The van der Waals surface area contributed by atoms with Gasteiger partial charge in [-0.2, -0.15) is 0 Å². The minimum Gasteiger partial charge on any atom is -0.352 e. The average molecular weight is 627 g/mol. The number of hydrogen-bond acceptors (Lipinski definition) is 4. The maximum Gasteiger partial charge on any atom is 0.244 e. The number of amides is 2. The Morgan fingerprint density at radius 3 is 2.21 bits per heavy atom. The third-order valence-electron chi connectivity index (χ3n) is 6.77. The predicted octanol–water partition coefficient (Wildman–Crippen LogP) is 6.08. The fourth-order valence-corrected chi connectivity index (χ4v) is 6.12. The first-order valence-electron chi connectivity index (χ1n) is 13.5. The first-order chi connectivity index (χ1) is 19.9. The van der Waals surface area contributed by atoms with E-state index in [9.17, 15) is 18.0 Å². The average Bonchev–Trinajstić information content (AvgIpc) is 2.94. The van der Waals surface area contributed by atoms with Crippen molar-refractivity contribution in [1.29, 1.82) is 0 Å². The monoisotopic (exact) mass is 625 g/mol. The largest absolute Gasteiger partial charge is 0.352 e. The number of carbonyl (C=O) groups excluding carboxylic acids is 2. The van der Waals surface area contributed by atoms with Gasteiger partial charge in [0, 0.05) is 34.4 Å². The van der Waals surface area contributed by atoms with Crippen molar-refractivity contribution in [2.24, 2.45) is 0 Å². The number of benzene rings is 4. The van der Waals surface area contributed by atoms with E-state index in [1.54, 1.807) is 30.3 Å². The molecule has 0 radical (unpaired) electrons. The lowest BCUT2D eigenvalue weighted by Crippen LogP contribution is -2.54. The molecule has 1 atom stereocenters. The number of anilines is 1. The highest BCUT2D eigenvalue weighted by Gasteiger charge is 2.34. The second-order valence-corrected chi connectivity index (χ2v) is 13.1. The second-order valence-electron chi connectivity index (χ2n) is 10.4. The molecule has 4 aromatic rings. The van der Waals surface area contributed by atoms with Crippen LogP contribution in [-0.2, 0) is 32.6 Å². The minimum atomic E-state index is -3.91. The number of hydrogen-bond donors (Lipinski definition) is 1. The molecule has 0 unspecified atom stereocenters. The van der Waals surface area contributed by atoms with Crippen molar-refractivity contribution in [3.63, 3.8) is 0 Å². The van der Waals surface area contributed by atoms with Crippen LogP contribution in [0.25, 0.3) is 10.8 Å².